The van der Waals surface area contributed by atoms with Gasteiger partial charge in [0.05, 0.1) is 6.61 Å². The Morgan fingerprint density at radius 2 is 2.46 bits per heavy atom. The largest absolute Gasteiger partial charge is 0.395 e. The number of thiophene rings is 1. The highest BCUT2D eigenvalue weighted by Crippen LogP contribution is 2.19. The fourth-order valence-corrected chi connectivity index (χ4v) is 2.31. The maximum atomic E-state index is 8.67. The molecule has 1 aromatic heterocycles. The van der Waals surface area contributed by atoms with Gasteiger partial charge < -0.3 is 16.2 Å². The Bertz CT molecular complexity index is 254. The molecule has 0 spiro atoms. The molecule has 1 unspecified atom stereocenters. The van der Waals surface area contributed by atoms with Crippen LogP contribution in [0.5, 0.6) is 0 Å². The number of nitrogens with two attached hydrogens (primary N) is 1. The summed E-state index contributed by atoms with van der Waals surface area (Å²) in [5.74, 6) is 0. The molecular formula is C8H13BrN2OS. The number of rotatable bonds is 5. The molecule has 1 rings (SSSR count). The third kappa shape index (κ3) is 4.19. The van der Waals surface area contributed by atoms with Gasteiger partial charge in [0.2, 0.25) is 0 Å². The standard InChI is InChI=1S/C8H13BrN2OS/c9-6-1-8(13-5-6)3-11-2-7(10)4-12/h1,5,7,11-12H,2-4,10H2. The molecule has 4 N–H and O–H groups in total. The first-order chi connectivity index (χ1) is 6.22. The van der Waals surface area contributed by atoms with Crippen molar-refractivity contribution in [1.29, 1.82) is 0 Å². The van der Waals surface area contributed by atoms with Crippen molar-refractivity contribution in [2.45, 2.75) is 12.6 Å². The zero-order chi connectivity index (χ0) is 9.68. The Morgan fingerprint density at radius 1 is 1.69 bits per heavy atom. The zero-order valence-electron chi connectivity index (χ0n) is 7.16. The van der Waals surface area contributed by atoms with E-state index in [2.05, 4.69) is 27.3 Å². The summed E-state index contributed by atoms with van der Waals surface area (Å²) in [6, 6.07) is 1.91. The first-order valence-corrected chi connectivity index (χ1v) is 5.69. The van der Waals surface area contributed by atoms with E-state index in [4.69, 9.17) is 10.8 Å². The lowest BCUT2D eigenvalue weighted by Gasteiger charge is -2.08. The predicted octanol–water partition coefficient (Wildman–Crippen LogP) is 0.920. The fourth-order valence-electron chi connectivity index (χ4n) is 0.892. The lowest BCUT2D eigenvalue weighted by atomic mass is 10.3. The van der Waals surface area contributed by atoms with Gasteiger partial charge >= 0.3 is 0 Å². The van der Waals surface area contributed by atoms with E-state index < -0.39 is 0 Å². The van der Waals surface area contributed by atoms with Crippen LogP contribution in [-0.2, 0) is 6.54 Å². The van der Waals surface area contributed by atoms with Crippen LogP contribution >= 0.6 is 27.3 Å². The van der Waals surface area contributed by atoms with Crippen LogP contribution in [0.25, 0.3) is 0 Å². The number of aliphatic hydroxyl groups excluding tert-OH is 1. The van der Waals surface area contributed by atoms with Gasteiger partial charge in [0, 0.05) is 33.9 Å². The number of nitrogens with one attached hydrogen (secondary N) is 1. The van der Waals surface area contributed by atoms with Gasteiger partial charge in [-0.1, -0.05) is 0 Å². The average Bonchev–Trinajstić information content (AvgIpc) is 2.51. The Morgan fingerprint density at radius 3 is 3.00 bits per heavy atom. The molecule has 5 heteroatoms. The molecule has 1 heterocycles. The van der Waals surface area contributed by atoms with E-state index in [1.54, 1.807) is 11.3 Å². The molecule has 0 aliphatic rings. The maximum absolute atomic E-state index is 8.67. The van der Waals surface area contributed by atoms with Crippen molar-refractivity contribution in [2.75, 3.05) is 13.2 Å². The highest BCUT2D eigenvalue weighted by molar-refractivity contribution is 9.10. The van der Waals surface area contributed by atoms with Crippen LogP contribution in [0.4, 0.5) is 0 Å². The van der Waals surface area contributed by atoms with Gasteiger partial charge in [0.15, 0.2) is 0 Å². The van der Waals surface area contributed by atoms with E-state index in [1.807, 2.05) is 5.38 Å². The number of aliphatic hydroxyl groups is 1. The molecule has 0 saturated carbocycles. The second-order valence-corrected chi connectivity index (χ2v) is 4.72. The highest BCUT2D eigenvalue weighted by Gasteiger charge is 2.00. The quantitative estimate of drug-likeness (QED) is 0.742. The summed E-state index contributed by atoms with van der Waals surface area (Å²) in [6.45, 7) is 1.48. The molecule has 0 saturated heterocycles. The van der Waals surface area contributed by atoms with E-state index in [1.165, 1.54) is 4.88 Å². The minimum atomic E-state index is -0.164. The normalized spacial score (nSPS) is 13.2. The summed E-state index contributed by atoms with van der Waals surface area (Å²) in [5.41, 5.74) is 5.52. The minimum Gasteiger partial charge on any atom is -0.395 e. The van der Waals surface area contributed by atoms with Gasteiger partial charge in [-0.15, -0.1) is 11.3 Å². The smallest absolute Gasteiger partial charge is 0.0594 e. The van der Waals surface area contributed by atoms with Crippen LogP contribution in [0.1, 0.15) is 4.88 Å². The zero-order valence-corrected chi connectivity index (χ0v) is 9.57. The van der Waals surface area contributed by atoms with Crippen LogP contribution in [0.2, 0.25) is 0 Å². The Hall–Kier alpha value is 0.0600. The summed E-state index contributed by atoms with van der Waals surface area (Å²) in [4.78, 5) is 1.26. The molecule has 0 bridgehead atoms. The molecule has 1 aromatic rings. The van der Waals surface area contributed by atoms with E-state index in [-0.39, 0.29) is 12.6 Å². The number of halogens is 1. The average molecular weight is 265 g/mol. The van der Waals surface area contributed by atoms with Crippen molar-refractivity contribution in [3.8, 4) is 0 Å². The van der Waals surface area contributed by atoms with Gasteiger partial charge in [-0.3, -0.25) is 0 Å². The summed E-state index contributed by atoms with van der Waals surface area (Å²) in [6.07, 6.45) is 0. The molecule has 0 amide bonds. The predicted molar refractivity (Wildman–Crippen MR) is 58.8 cm³/mol. The molecule has 13 heavy (non-hydrogen) atoms. The Labute approximate surface area is 90.1 Å². The molecule has 0 aliphatic carbocycles. The van der Waals surface area contributed by atoms with Crippen molar-refractivity contribution >= 4 is 27.3 Å². The van der Waals surface area contributed by atoms with Crippen LogP contribution in [0.3, 0.4) is 0 Å². The minimum absolute atomic E-state index is 0.0289. The summed E-state index contributed by atoms with van der Waals surface area (Å²) >= 11 is 5.08. The second kappa shape index (κ2) is 5.72. The van der Waals surface area contributed by atoms with Crippen LogP contribution < -0.4 is 11.1 Å². The second-order valence-electron chi connectivity index (χ2n) is 2.80. The maximum Gasteiger partial charge on any atom is 0.0594 e. The lowest BCUT2D eigenvalue weighted by Crippen LogP contribution is -2.36. The molecule has 0 fully saturated rings. The van der Waals surface area contributed by atoms with Crippen LogP contribution in [0.15, 0.2) is 15.9 Å². The summed E-state index contributed by atoms with van der Waals surface area (Å²) < 4.78 is 1.11. The fraction of sp³-hybridized carbons (Fsp3) is 0.500. The van der Waals surface area contributed by atoms with Gasteiger partial charge in [0.25, 0.3) is 0 Å². The third-order valence-electron chi connectivity index (χ3n) is 1.56. The third-order valence-corrected chi connectivity index (χ3v) is 3.26. The highest BCUT2D eigenvalue weighted by atomic mass is 79.9. The molecule has 0 aromatic carbocycles. The number of hydrogen-bond donors (Lipinski definition) is 3. The topological polar surface area (TPSA) is 58.3 Å². The van der Waals surface area contributed by atoms with Gasteiger partial charge in [-0.05, 0) is 22.0 Å². The molecule has 1 atom stereocenters. The van der Waals surface area contributed by atoms with Crippen molar-refractivity contribution in [3.05, 3.63) is 20.8 Å². The van der Waals surface area contributed by atoms with Gasteiger partial charge in [-0.2, -0.15) is 0 Å². The van der Waals surface area contributed by atoms with E-state index in [9.17, 15) is 0 Å². The monoisotopic (exact) mass is 264 g/mol. The van der Waals surface area contributed by atoms with Crippen molar-refractivity contribution in [3.63, 3.8) is 0 Å². The molecule has 74 valence electrons. The first-order valence-electron chi connectivity index (χ1n) is 4.02. The van der Waals surface area contributed by atoms with Crippen molar-refractivity contribution < 1.29 is 5.11 Å². The molecule has 0 aliphatic heterocycles. The number of hydrogen-bond acceptors (Lipinski definition) is 4. The Balaban J connectivity index is 2.20. The first kappa shape index (κ1) is 11.1. The Kier molecular flexibility index (Phi) is 4.90. The van der Waals surface area contributed by atoms with Crippen LogP contribution in [0, 0.1) is 0 Å². The molecular weight excluding hydrogens is 252 g/mol. The van der Waals surface area contributed by atoms with E-state index in [0.29, 0.717) is 6.54 Å². The van der Waals surface area contributed by atoms with Crippen molar-refractivity contribution in [1.82, 2.24) is 5.32 Å². The summed E-state index contributed by atoms with van der Waals surface area (Å²) in [5, 5.41) is 13.9. The summed E-state index contributed by atoms with van der Waals surface area (Å²) in [7, 11) is 0. The van der Waals surface area contributed by atoms with Gasteiger partial charge in [-0.25, -0.2) is 0 Å². The van der Waals surface area contributed by atoms with E-state index in [0.717, 1.165) is 11.0 Å². The van der Waals surface area contributed by atoms with Crippen LogP contribution in [-0.4, -0.2) is 24.3 Å². The van der Waals surface area contributed by atoms with Crippen molar-refractivity contribution in [2.24, 2.45) is 5.73 Å². The molecule has 3 nitrogen and oxygen atoms in total. The van der Waals surface area contributed by atoms with E-state index >= 15 is 0 Å². The SMILES string of the molecule is NC(CO)CNCc1cc(Br)cs1. The lowest BCUT2D eigenvalue weighted by molar-refractivity contribution is 0.262. The van der Waals surface area contributed by atoms with Gasteiger partial charge in [0.1, 0.15) is 0 Å². The molecule has 0 radical (unpaired) electrons.